The highest BCUT2D eigenvalue weighted by Gasteiger charge is 2.22. The molecule has 17 heavy (non-hydrogen) atoms. The van der Waals surface area contributed by atoms with E-state index in [0.717, 1.165) is 12.6 Å². The standard InChI is InChI=1S/C15H32N2/c1-4-5-6-11-15(2,3)12-17-14-9-7-13(16)8-10-14/h13-14,17H,4-12,16H2,1-3H3. The lowest BCUT2D eigenvalue weighted by molar-refractivity contribution is 0.259. The Morgan fingerprint density at radius 2 is 1.76 bits per heavy atom. The minimum absolute atomic E-state index is 0.453. The fourth-order valence-electron chi connectivity index (χ4n) is 2.69. The van der Waals surface area contributed by atoms with Crippen LogP contribution in [-0.2, 0) is 0 Å². The van der Waals surface area contributed by atoms with Gasteiger partial charge in [-0.3, -0.25) is 0 Å². The Kier molecular flexibility index (Phi) is 6.50. The molecule has 0 spiro atoms. The predicted octanol–water partition coefficient (Wildman–Crippen LogP) is 3.45. The highest BCUT2D eigenvalue weighted by Crippen LogP contribution is 2.24. The summed E-state index contributed by atoms with van der Waals surface area (Å²) in [4.78, 5) is 0. The van der Waals surface area contributed by atoms with Gasteiger partial charge in [0.25, 0.3) is 0 Å². The van der Waals surface area contributed by atoms with Gasteiger partial charge in [0.1, 0.15) is 0 Å². The van der Waals surface area contributed by atoms with E-state index in [1.165, 1.54) is 51.4 Å². The molecule has 0 atom stereocenters. The quantitative estimate of drug-likeness (QED) is 0.669. The maximum atomic E-state index is 5.93. The molecule has 0 radical (unpaired) electrons. The molecule has 0 amide bonds. The van der Waals surface area contributed by atoms with E-state index in [1.54, 1.807) is 0 Å². The van der Waals surface area contributed by atoms with E-state index < -0.39 is 0 Å². The van der Waals surface area contributed by atoms with Crippen molar-refractivity contribution in [1.29, 1.82) is 0 Å². The second-order valence-electron chi connectivity index (χ2n) is 6.61. The first-order valence-corrected chi connectivity index (χ1v) is 7.52. The Morgan fingerprint density at radius 3 is 2.35 bits per heavy atom. The van der Waals surface area contributed by atoms with Crippen molar-refractivity contribution in [2.24, 2.45) is 11.1 Å². The maximum Gasteiger partial charge on any atom is 0.00684 e. The summed E-state index contributed by atoms with van der Waals surface area (Å²) in [6, 6.07) is 1.19. The third-order valence-corrected chi connectivity index (χ3v) is 4.10. The molecule has 0 bridgehead atoms. The number of hydrogen-bond donors (Lipinski definition) is 2. The summed E-state index contributed by atoms with van der Waals surface area (Å²) >= 11 is 0. The lowest BCUT2D eigenvalue weighted by Crippen LogP contribution is -2.41. The van der Waals surface area contributed by atoms with Gasteiger partial charge in [-0.05, 0) is 37.5 Å². The van der Waals surface area contributed by atoms with Crippen LogP contribution in [0.1, 0.15) is 72.1 Å². The van der Waals surface area contributed by atoms with Gasteiger partial charge in [0, 0.05) is 18.6 Å². The Hall–Kier alpha value is -0.0800. The zero-order valence-electron chi connectivity index (χ0n) is 12.1. The van der Waals surface area contributed by atoms with Crippen molar-refractivity contribution in [3.63, 3.8) is 0 Å². The van der Waals surface area contributed by atoms with Gasteiger partial charge in [-0.2, -0.15) is 0 Å². The zero-order chi connectivity index (χ0) is 12.7. The highest BCUT2D eigenvalue weighted by molar-refractivity contribution is 4.81. The molecular formula is C15H32N2. The smallest absolute Gasteiger partial charge is 0.00684 e. The molecule has 0 aromatic heterocycles. The van der Waals surface area contributed by atoms with Gasteiger partial charge in [-0.1, -0.05) is 40.0 Å². The molecule has 1 rings (SSSR count). The normalized spacial score (nSPS) is 26.1. The third kappa shape index (κ3) is 6.42. The minimum atomic E-state index is 0.453. The first kappa shape index (κ1) is 15.0. The highest BCUT2D eigenvalue weighted by atomic mass is 14.9. The number of unbranched alkanes of at least 4 members (excludes halogenated alkanes) is 2. The molecule has 0 unspecified atom stereocenters. The molecule has 1 aliphatic carbocycles. The van der Waals surface area contributed by atoms with Gasteiger partial charge in [0.15, 0.2) is 0 Å². The van der Waals surface area contributed by atoms with Crippen molar-refractivity contribution >= 4 is 0 Å². The van der Waals surface area contributed by atoms with Crippen LogP contribution in [0.25, 0.3) is 0 Å². The van der Waals surface area contributed by atoms with Gasteiger partial charge in [0.05, 0.1) is 0 Å². The fourth-order valence-corrected chi connectivity index (χ4v) is 2.69. The molecule has 0 aliphatic heterocycles. The molecule has 0 saturated heterocycles. The number of rotatable bonds is 7. The van der Waals surface area contributed by atoms with Crippen LogP contribution in [-0.4, -0.2) is 18.6 Å². The first-order chi connectivity index (χ1) is 8.03. The van der Waals surface area contributed by atoms with Crippen LogP contribution in [0.5, 0.6) is 0 Å². The molecule has 1 aliphatic rings. The van der Waals surface area contributed by atoms with Crippen LogP contribution in [0.2, 0.25) is 0 Å². The lowest BCUT2D eigenvalue weighted by atomic mass is 9.85. The van der Waals surface area contributed by atoms with E-state index in [9.17, 15) is 0 Å². The van der Waals surface area contributed by atoms with E-state index in [2.05, 4.69) is 26.1 Å². The topological polar surface area (TPSA) is 38.0 Å². The average molecular weight is 240 g/mol. The number of hydrogen-bond acceptors (Lipinski definition) is 2. The van der Waals surface area contributed by atoms with Gasteiger partial charge in [-0.15, -0.1) is 0 Å². The third-order valence-electron chi connectivity index (χ3n) is 4.10. The van der Waals surface area contributed by atoms with Crippen LogP contribution in [0, 0.1) is 5.41 Å². The second kappa shape index (κ2) is 7.38. The Labute approximate surface area is 108 Å². The van der Waals surface area contributed by atoms with Crippen molar-refractivity contribution in [2.75, 3.05) is 6.54 Å². The minimum Gasteiger partial charge on any atom is -0.328 e. The van der Waals surface area contributed by atoms with E-state index in [-0.39, 0.29) is 0 Å². The summed E-state index contributed by atoms with van der Waals surface area (Å²) in [7, 11) is 0. The summed E-state index contributed by atoms with van der Waals surface area (Å²) in [5.74, 6) is 0. The molecule has 0 aromatic rings. The molecule has 1 fully saturated rings. The van der Waals surface area contributed by atoms with E-state index in [4.69, 9.17) is 5.73 Å². The molecule has 2 heteroatoms. The lowest BCUT2D eigenvalue weighted by Gasteiger charge is -2.32. The summed E-state index contributed by atoms with van der Waals surface area (Å²) in [5.41, 5.74) is 6.39. The molecule has 1 saturated carbocycles. The van der Waals surface area contributed by atoms with Crippen molar-refractivity contribution in [3.05, 3.63) is 0 Å². The van der Waals surface area contributed by atoms with Crippen LogP contribution in [0.4, 0.5) is 0 Å². The number of nitrogens with two attached hydrogens (primary N) is 1. The van der Waals surface area contributed by atoms with E-state index in [1.807, 2.05) is 0 Å². The average Bonchev–Trinajstić information content (AvgIpc) is 2.29. The van der Waals surface area contributed by atoms with Crippen molar-refractivity contribution < 1.29 is 0 Å². The van der Waals surface area contributed by atoms with Crippen LogP contribution < -0.4 is 11.1 Å². The second-order valence-corrected chi connectivity index (χ2v) is 6.61. The molecule has 102 valence electrons. The zero-order valence-corrected chi connectivity index (χ0v) is 12.1. The van der Waals surface area contributed by atoms with Crippen molar-refractivity contribution in [3.8, 4) is 0 Å². The Bertz CT molecular complexity index is 193. The first-order valence-electron chi connectivity index (χ1n) is 7.52. The molecule has 2 nitrogen and oxygen atoms in total. The van der Waals surface area contributed by atoms with Gasteiger partial charge in [0.2, 0.25) is 0 Å². The SMILES string of the molecule is CCCCCC(C)(C)CNC1CCC(N)CC1. The van der Waals surface area contributed by atoms with Gasteiger partial charge >= 0.3 is 0 Å². The van der Waals surface area contributed by atoms with Crippen molar-refractivity contribution in [1.82, 2.24) is 5.32 Å². The molecule has 0 heterocycles. The van der Waals surface area contributed by atoms with Crippen molar-refractivity contribution in [2.45, 2.75) is 84.2 Å². The van der Waals surface area contributed by atoms with E-state index in [0.29, 0.717) is 11.5 Å². The summed E-state index contributed by atoms with van der Waals surface area (Å²) < 4.78 is 0. The number of nitrogens with one attached hydrogen (secondary N) is 1. The van der Waals surface area contributed by atoms with Gasteiger partial charge < -0.3 is 11.1 Å². The van der Waals surface area contributed by atoms with Crippen LogP contribution >= 0.6 is 0 Å². The van der Waals surface area contributed by atoms with Crippen LogP contribution in [0.3, 0.4) is 0 Å². The van der Waals surface area contributed by atoms with Gasteiger partial charge in [-0.25, -0.2) is 0 Å². The molecule has 0 aromatic carbocycles. The predicted molar refractivity (Wildman–Crippen MR) is 76.2 cm³/mol. The van der Waals surface area contributed by atoms with E-state index >= 15 is 0 Å². The Balaban J connectivity index is 2.15. The summed E-state index contributed by atoms with van der Waals surface area (Å²) in [6.45, 7) is 8.22. The molecular weight excluding hydrogens is 208 g/mol. The monoisotopic (exact) mass is 240 g/mol. The Morgan fingerprint density at radius 1 is 1.12 bits per heavy atom. The maximum absolute atomic E-state index is 5.93. The summed E-state index contributed by atoms with van der Waals surface area (Å²) in [5, 5.41) is 3.75. The summed E-state index contributed by atoms with van der Waals surface area (Å²) in [6.07, 6.45) is 10.4. The molecule has 3 N–H and O–H groups in total. The fraction of sp³-hybridized carbons (Fsp3) is 1.00. The van der Waals surface area contributed by atoms with Crippen LogP contribution in [0.15, 0.2) is 0 Å². The largest absolute Gasteiger partial charge is 0.328 e.